The third kappa shape index (κ3) is 5.67. The number of rotatable bonds is 2. The summed E-state index contributed by atoms with van der Waals surface area (Å²) in [6.45, 7) is 2.22. The van der Waals surface area contributed by atoms with Crippen LogP contribution in [-0.4, -0.2) is 40.7 Å². The van der Waals surface area contributed by atoms with Crippen molar-refractivity contribution in [1.29, 1.82) is 5.26 Å². The molecule has 7 nitrogen and oxygen atoms in total. The van der Waals surface area contributed by atoms with Crippen LogP contribution in [0.1, 0.15) is 34.5 Å². The summed E-state index contributed by atoms with van der Waals surface area (Å²) < 4.78 is 5.73. The molecular formula is C24H23ClN4O3S. The Morgan fingerprint density at radius 3 is 2.88 bits per heavy atom. The molecule has 0 radical (unpaired) electrons. The van der Waals surface area contributed by atoms with E-state index in [4.69, 9.17) is 16.3 Å². The fraction of sp³-hybridized carbons (Fsp3) is 0.333. The number of aromatic nitrogens is 1. The van der Waals surface area contributed by atoms with Crippen LogP contribution < -0.4 is 15.4 Å². The van der Waals surface area contributed by atoms with Gasteiger partial charge in [-0.2, -0.15) is 5.26 Å². The highest BCUT2D eigenvalue weighted by Crippen LogP contribution is 2.34. The van der Waals surface area contributed by atoms with E-state index in [0.717, 1.165) is 11.3 Å². The Morgan fingerprint density at radius 2 is 2.15 bits per heavy atom. The van der Waals surface area contributed by atoms with Crippen molar-refractivity contribution in [3.8, 4) is 11.8 Å². The van der Waals surface area contributed by atoms with Crippen LogP contribution in [-0.2, 0) is 11.2 Å². The van der Waals surface area contributed by atoms with Gasteiger partial charge in [-0.15, -0.1) is 11.8 Å². The number of halogens is 1. The van der Waals surface area contributed by atoms with E-state index in [0.29, 0.717) is 46.6 Å². The topological polar surface area (TPSA) is 104 Å². The van der Waals surface area contributed by atoms with Crippen molar-refractivity contribution in [2.75, 3.05) is 12.4 Å². The molecule has 0 saturated heterocycles. The number of amides is 2. The number of ether oxygens (including phenoxy) is 1. The van der Waals surface area contributed by atoms with Crippen LogP contribution in [0.25, 0.3) is 0 Å². The van der Waals surface area contributed by atoms with Crippen LogP contribution in [0, 0.1) is 18.3 Å². The second kappa shape index (κ2) is 9.86. The number of pyridine rings is 1. The van der Waals surface area contributed by atoms with Crippen LogP contribution in [0.4, 0.5) is 0 Å². The second-order valence-corrected chi connectivity index (χ2v) is 9.49. The van der Waals surface area contributed by atoms with Crippen molar-refractivity contribution in [2.24, 2.45) is 0 Å². The second-order valence-electron chi connectivity index (χ2n) is 8.08. The molecule has 33 heavy (non-hydrogen) atoms. The van der Waals surface area contributed by atoms with E-state index in [-0.39, 0.29) is 6.42 Å². The van der Waals surface area contributed by atoms with Crippen molar-refractivity contribution in [1.82, 2.24) is 15.6 Å². The molecule has 3 heterocycles. The van der Waals surface area contributed by atoms with Crippen molar-refractivity contribution in [3.05, 3.63) is 64.3 Å². The standard InChI is InChI=1S/C24H23ClN4O3S/c1-15-4-6-17-21(30)28-19(22(31)29-24(14-26)8-9-24)13-16-5-7-20(18(25)12-16)32-10-2-3-11-33-23(17)27-15/h2-7,12,19H,8-11,13H2,1H3,(H,28,30)(H,29,31). The molecule has 2 amide bonds. The maximum Gasteiger partial charge on any atom is 0.254 e. The molecule has 2 aliphatic heterocycles. The van der Waals surface area contributed by atoms with E-state index >= 15 is 0 Å². The largest absolute Gasteiger partial charge is 0.488 e. The summed E-state index contributed by atoms with van der Waals surface area (Å²) >= 11 is 7.81. The average Bonchev–Trinajstić information content (AvgIpc) is 3.56. The highest BCUT2D eigenvalue weighted by Gasteiger charge is 2.45. The van der Waals surface area contributed by atoms with Gasteiger partial charge >= 0.3 is 0 Å². The lowest BCUT2D eigenvalue weighted by Gasteiger charge is -2.21. The first-order chi connectivity index (χ1) is 15.9. The summed E-state index contributed by atoms with van der Waals surface area (Å²) in [5, 5.41) is 16.0. The van der Waals surface area contributed by atoms with Gasteiger partial charge in [-0.25, -0.2) is 4.98 Å². The number of fused-ring (bicyclic) bond motifs is 9. The number of carbonyl (C=O) groups is 2. The summed E-state index contributed by atoms with van der Waals surface area (Å²) in [6.07, 6.45) is 5.24. The van der Waals surface area contributed by atoms with Crippen LogP contribution in [0.5, 0.6) is 5.75 Å². The molecule has 1 saturated carbocycles. The third-order valence-corrected chi connectivity index (χ3v) is 6.69. The summed E-state index contributed by atoms with van der Waals surface area (Å²) in [5.74, 6) is 0.339. The average molecular weight is 483 g/mol. The fourth-order valence-corrected chi connectivity index (χ4v) is 4.57. The van der Waals surface area contributed by atoms with E-state index < -0.39 is 23.4 Å². The van der Waals surface area contributed by atoms with Crippen molar-refractivity contribution in [2.45, 2.75) is 42.8 Å². The van der Waals surface area contributed by atoms with Crippen molar-refractivity contribution < 1.29 is 14.3 Å². The van der Waals surface area contributed by atoms with Gasteiger partial charge in [0.1, 0.15) is 29.0 Å². The Hall–Kier alpha value is -3.02. The lowest BCUT2D eigenvalue weighted by atomic mass is 10.0. The molecule has 1 aliphatic carbocycles. The molecule has 2 bridgehead atoms. The summed E-state index contributed by atoms with van der Waals surface area (Å²) in [7, 11) is 0. The van der Waals surface area contributed by atoms with Crippen molar-refractivity contribution >= 4 is 35.2 Å². The quantitative estimate of drug-likeness (QED) is 0.634. The Labute approximate surface area is 201 Å². The SMILES string of the molecule is Cc1ccc2c(n1)SCC=CCOc1ccc(cc1Cl)CC(C(=O)NC1(C#N)CC1)NC2=O. The van der Waals surface area contributed by atoms with E-state index in [1.165, 1.54) is 11.8 Å². The predicted molar refractivity (Wildman–Crippen MR) is 126 cm³/mol. The van der Waals surface area contributed by atoms with Gasteiger partial charge in [-0.3, -0.25) is 9.59 Å². The van der Waals surface area contributed by atoms with Gasteiger partial charge in [-0.05, 0) is 49.6 Å². The molecule has 1 aromatic carbocycles. The van der Waals surface area contributed by atoms with Crippen LogP contribution >= 0.6 is 23.4 Å². The predicted octanol–water partition coefficient (Wildman–Crippen LogP) is 3.60. The number of aryl methyl sites for hydroxylation is 1. The minimum atomic E-state index is -0.891. The zero-order chi connectivity index (χ0) is 23.4. The molecular weight excluding hydrogens is 460 g/mol. The van der Waals surface area contributed by atoms with E-state index in [1.807, 2.05) is 25.1 Å². The molecule has 2 aromatic rings. The Morgan fingerprint density at radius 1 is 1.33 bits per heavy atom. The first kappa shape index (κ1) is 23.1. The minimum Gasteiger partial charge on any atom is -0.488 e. The van der Waals surface area contributed by atoms with Gasteiger partial charge in [0, 0.05) is 17.9 Å². The Kier molecular flexibility index (Phi) is 6.91. The van der Waals surface area contributed by atoms with E-state index in [9.17, 15) is 14.9 Å². The number of nitrogens with one attached hydrogen (secondary N) is 2. The maximum atomic E-state index is 13.2. The molecule has 2 N–H and O–H groups in total. The van der Waals surface area contributed by atoms with Gasteiger partial charge in [0.05, 0.1) is 16.7 Å². The monoisotopic (exact) mass is 482 g/mol. The van der Waals surface area contributed by atoms with Gasteiger partial charge in [0.2, 0.25) is 5.91 Å². The van der Waals surface area contributed by atoms with Gasteiger partial charge in [-0.1, -0.05) is 29.8 Å². The van der Waals surface area contributed by atoms with Crippen LogP contribution in [0.3, 0.4) is 0 Å². The Balaban J connectivity index is 1.67. The molecule has 1 aromatic heterocycles. The van der Waals surface area contributed by atoms with Gasteiger partial charge in [0.15, 0.2) is 0 Å². The number of carbonyl (C=O) groups excluding carboxylic acids is 2. The first-order valence-electron chi connectivity index (χ1n) is 10.6. The molecule has 5 rings (SSSR count). The lowest BCUT2D eigenvalue weighted by Crippen LogP contribution is -2.51. The lowest BCUT2D eigenvalue weighted by molar-refractivity contribution is -0.123. The fourth-order valence-electron chi connectivity index (χ4n) is 3.40. The highest BCUT2D eigenvalue weighted by atomic mass is 35.5. The highest BCUT2D eigenvalue weighted by molar-refractivity contribution is 7.99. The molecule has 1 fully saturated rings. The molecule has 170 valence electrons. The molecule has 3 aliphatic rings. The maximum absolute atomic E-state index is 13.2. The Bertz CT molecular complexity index is 1160. The van der Waals surface area contributed by atoms with Gasteiger partial charge in [0.25, 0.3) is 5.91 Å². The molecule has 1 atom stereocenters. The summed E-state index contributed by atoms with van der Waals surface area (Å²) in [6, 6.07) is 10.0. The van der Waals surface area contributed by atoms with E-state index in [1.54, 1.807) is 24.3 Å². The number of thioether (sulfide) groups is 1. The smallest absolute Gasteiger partial charge is 0.254 e. The summed E-state index contributed by atoms with van der Waals surface area (Å²) in [5.41, 5.74) is 1.11. The zero-order valence-electron chi connectivity index (χ0n) is 18.1. The van der Waals surface area contributed by atoms with Crippen LogP contribution in [0.2, 0.25) is 5.02 Å². The first-order valence-corrected chi connectivity index (χ1v) is 12.0. The van der Waals surface area contributed by atoms with Gasteiger partial charge < -0.3 is 15.4 Å². The molecule has 9 heteroatoms. The molecule has 1 unspecified atom stereocenters. The summed E-state index contributed by atoms with van der Waals surface area (Å²) in [4.78, 5) is 30.8. The zero-order valence-corrected chi connectivity index (χ0v) is 19.6. The number of nitriles is 1. The normalized spacial score (nSPS) is 19.5. The van der Waals surface area contributed by atoms with E-state index in [2.05, 4.69) is 21.7 Å². The van der Waals surface area contributed by atoms with Crippen LogP contribution in [0.15, 0.2) is 47.5 Å². The number of nitrogens with zero attached hydrogens (tertiary/aromatic N) is 2. The van der Waals surface area contributed by atoms with Crippen molar-refractivity contribution in [3.63, 3.8) is 0 Å². The third-order valence-electron chi connectivity index (χ3n) is 5.45. The number of benzene rings is 1. The molecule has 0 spiro atoms. The number of hydrogen-bond donors (Lipinski definition) is 2. The minimum absolute atomic E-state index is 0.209. The number of hydrogen-bond acceptors (Lipinski definition) is 6.